The van der Waals surface area contributed by atoms with Gasteiger partial charge in [-0.3, -0.25) is 9.69 Å². The summed E-state index contributed by atoms with van der Waals surface area (Å²) >= 11 is 0. The number of nitrogens with zero attached hydrogens (tertiary/aromatic N) is 2. The van der Waals surface area contributed by atoms with Crippen molar-refractivity contribution in [3.8, 4) is 0 Å². The Bertz CT molecular complexity index is 926. The molecule has 186 valence electrons. The van der Waals surface area contributed by atoms with Gasteiger partial charge >= 0.3 is 12.1 Å². The van der Waals surface area contributed by atoms with E-state index in [1.807, 2.05) is 30.3 Å². The molecule has 2 saturated heterocycles. The number of furan rings is 1. The third-order valence-electron chi connectivity index (χ3n) is 6.43. The lowest BCUT2D eigenvalue weighted by atomic mass is 9.81. The number of piperidine rings is 1. The second-order valence-corrected chi connectivity index (χ2v) is 8.53. The number of amides is 1. The number of carboxylic acid groups (broad SMARTS) is 1. The first kappa shape index (κ1) is 25.8. The molecule has 7 nitrogen and oxygen atoms in total. The van der Waals surface area contributed by atoms with Gasteiger partial charge in [0, 0.05) is 32.3 Å². The molecule has 1 amide bonds. The largest absolute Gasteiger partial charge is 0.490 e. The van der Waals surface area contributed by atoms with Gasteiger partial charge in [0.05, 0.1) is 25.3 Å². The topological polar surface area (TPSA) is 83.2 Å². The van der Waals surface area contributed by atoms with Gasteiger partial charge in [-0.05, 0) is 37.0 Å². The first-order valence-electron chi connectivity index (χ1n) is 11.1. The third kappa shape index (κ3) is 6.18. The van der Waals surface area contributed by atoms with E-state index in [-0.39, 0.29) is 17.4 Å². The van der Waals surface area contributed by atoms with Gasteiger partial charge in [-0.2, -0.15) is 13.2 Å². The number of hydrogen-bond donors (Lipinski definition) is 1. The highest BCUT2D eigenvalue weighted by Crippen LogP contribution is 2.45. The van der Waals surface area contributed by atoms with Gasteiger partial charge in [0.1, 0.15) is 5.76 Å². The maximum Gasteiger partial charge on any atom is 0.490 e. The molecule has 1 aromatic carbocycles. The highest BCUT2D eigenvalue weighted by atomic mass is 19.4. The number of carbonyl (C=O) groups is 2. The molecule has 0 saturated carbocycles. The Morgan fingerprint density at radius 2 is 1.82 bits per heavy atom. The van der Waals surface area contributed by atoms with Crippen LogP contribution in [0.5, 0.6) is 0 Å². The Morgan fingerprint density at radius 3 is 2.35 bits per heavy atom. The lowest BCUT2D eigenvalue weighted by molar-refractivity contribution is -0.192. The van der Waals surface area contributed by atoms with Crippen LogP contribution in [0.3, 0.4) is 0 Å². The van der Waals surface area contributed by atoms with Crippen LogP contribution < -0.4 is 0 Å². The van der Waals surface area contributed by atoms with E-state index in [0.29, 0.717) is 13.2 Å². The molecule has 1 aromatic heterocycles. The van der Waals surface area contributed by atoms with Crippen LogP contribution >= 0.6 is 0 Å². The number of halogens is 3. The fourth-order valence-corrected chi connectivity index (χ4v) is 4.70. The second-order valence-electron chi connectivity index (χ2n) is 8.53. The molecule has 2 aliphatic rings. The molecule has 4 rings (SSSR count). The van der Waals surface area contributed by atoms with E-state index >= 15 is 0 Å². The minimum absolute atomic E-state index is 0.0281. The van der Waals surface area contributed by atoms with Gasteiger partial charge in [-0.25, -0.2) is 4.79 Å². The van der Waals surface area contributed by atoms with Crippen molar-refractivity contribution >= 4 is 11.9 Å². The van der Waals surface area contributed by atoms with E-state index < -0.39 is 12.1 Å². The fourth-order valence-electron chi connectivity index (χ4n) is 4.70. The lowest BCUT2D eigenvalue weighted by Gasteiger charge is -2.44. The number of carbonyl (C=O) groups excluding carboxylic acids is 1. The van der Waals surface area contributed by atoms with Crippen molar-refractivity contribution in [1.29, 1.82) is 0 Å². The van der Waals surface area contributed by atoms with Gasteiger partial charge in [0.2, 0.25) is 5.91 Å². The molecular formula is C24H29F3N2O5. The Balaban J connectivity index is 0.000000406. The summed E-state index contributed by atoms with van der Waals surface area (Å²) in [6.45, 7) is 4.08. The zero-order valence-electron chi connectivity index (χ0n) is 19.0. The Kier molecular flexibility index (Phi) is 8.37. The van der Waals surface area contributed by atoms with Crippen molar-refractivity contribution in [2.45, 2.75) is 43.4 Å². The van der Waals surface area contributed by atoms with Gasteiger partial charge in [0.15, 0.2) is 0 Å². The summed E-state index contributed by atoms with van der Waals surface area (Å²) in [6.07, 6.45) is -0.430. The van der Waals surface area contributed by atoms with E-state index in [4.69, 9.17) is 19.1 Å². The molecule has 1 N–H and O–H groups in total. The van der Waals surface area contributed by atoms with Crippen LogP contribution in [0.4, 0.5) is 13.2 Å². The average Bonchev–Trinajstić information content (AvgIpc) is 3.41. The number of ether oxygens (including phenoxy) is 1. The highest BCUT2D eigenvalue weighted by molar-refractivity contribution is 5.87. The number of rotatable bonds is 6. The molecule has 10 heteroatoms. The summed E-state index contributed by atoms with van der Waals surface area (Å²) in [4.78, 5) is 26.7. The molecule has 2 aliphatic heterocycles. The van der Waals surface area contributed by atoms with Crippen molar-refractivity contribution in [2.75, 3.05) is 33.4 Å². The van der Waals surface area contributed by atoms with Gasteiger partial charge in [-0.1, -0.05) is 30.3 Å². The van der Waals surface area contributed by atoms with Gasteiger partial charge < -0.3 is 19.2 Å². The maximum absolute atomic E-state index is 13.3. The smallest absolute Gasteiger partial charge is 0.475 e. The molecule has 1 spiro atoms. The van der Waals surface area contributed by atoms with E-state index in [9.17, 15) is 18.0 Å². The summed E-state index contributed by atoms with van der Waals surface area (Å²) in [5.41, 5.74) is 1.09. The van der Waals surface area contributed by atoms with Crippen molar-refractivity contribution in [1.82, 2.24) is 9.80 Å². The fraction of sp³-hybridized carbons (Fsp3) is 0.500. The lowest BCUT2D eigenvalue weighted by Crippen LogP contribution is -2.53. The number of aliphatic carboxylic acids is 1. The first-order valence-corrected chi connectivity index (χ1v) is 11.1. The van der Waals surface area contributed by atoms with E-state index in [1.165, 1.54) is 0 Å². The number of carboxylic acids is 1. The normalized spacial score (nSPS) is 20.3. The van der Waals surface area contributed by atoms with Crippen LogP contribution in [0.2, 0.25) is 0 Å². The molecule has 0 radical (unpaired) electrons. The molecule has 1 atom stereocenters. The van der Waals surface area contributed by atoms with Crippen molar-refractivity contribution < 1.29 is 37.0 Å². The zero-order valence-corrected chi connectivity index (χ0v) is 19.0. The molecule has 34 heavy (non-hydrogen) atoms. The SMILES string of the molecule is COCCN1C(=O)C(c2ccccc2)CC12CCN(Cc1ccco1)CC2.O=C(O)C(F)(F)F. The molecule has 0 bridgehead atoms. The first-order chi connectivity index (χ1) is 16.2. The van der Waals surface area contributed by atoms with E-state index in [1.54, 1.807) is 13.4 Å². The highest BCUT2D eigenvalue weighted by Gasteiger charge is 2.51. The molecular weight excluding hydrogens is 453 g/mol. The Hall–Kier alpha value is -2.85. The summed E-state index contributed by atoms with van der Waals surface area (Å²) in [5.74, 6) is -1.52. The van der Waals surface area contributed by atoms with Gasteiger partial charge in [-0.15, -0.1) is 0 Å². The molecule has 0 aliphatic carbocycles. The predicted octanol–water partition coefficient (Wildman–Crippen LogP) is 3.91. The molecule has 2 fully saturated rings. The standard InChI is InChI=1S/C22H28N2O3.C2HF3O2/c1-26-15-13-24-21(25)20(18-6-3-2-4-7-18)16-22(24)9-11-23(12-10-22)17-19-8-5-14-27-19;3-2(4,5)1(6)7/h2-8,14,20H,9-13,15-17H2,1H3;(H,6,7). The summed E-state index contributed by atoms with van der Waals surface area (Å²) in [7, 11) is 1.70. The molecule has 2 aromatic rings. The summed E-state index contributed by atoms with van der Waals surface area (Å²) in [5, 5.41) is 7.12. The minimum atomic E-state index is -5.08. The summed E-state index contributed by atoms with van der Waals surface area (Å²) < 4.78 is 42.5. The second kappa shape index (κ2) is 11.1. The Morgan fingerprint density at radius 1 is 1.18 bits per heavy atom. The van der Waals surface area contributed by atoms with Crippen LogP contribution in [-0.2, 0) is 20.9 Å². The van der Waals surface area contributed by atoms with Crippen LogP contribution in [0.1, 0.15) is 36.5 Å². The van der Waals surface area contributed by atoms with Crippen LogP contribution in [-0.4, -0.2) is 71.8 Å². The average molecular weight is 482 g/mol. The van der Waals surface area contributed by atoms with Crippen molar-refractivity contribution in [3.63, 3.8) is 0 Å². The van der Waals surface area contributed by atoms with Crippen molar-refractivity contribution in [3.05, 3.63) is 60.1 Å². The van der Waals surface area contributed by atoms with E-state index in [0.717, 1.165) is 50.2 Å². The number of hydrogen-bond acceptors (Lipinski definition) is 5. The molecule has 3 heterocycles. The van der Waals surface area contributed by atoms with Crippen molar-refractivity contribution in [2.24, 2.45) is 0 Å². The number of methoxy groups -OCH3 is 1. The van der Waals surface area contributed by atoms with Crippen LogP contribution in [0.25, 0.3) is 0 Å². The van der Waals surface area contributed by atoms with Crippen LogP contribution in [0, 0.1) is 0 Å². The quantitative estimate of drug-likeness (QED) is 0.672. The zero-order chi connectivity index (χ0) is 24.8. The molecule has 1 unspecified atom stereocenters. The third-order valence-corrected chi connectivity index (χ3v) is 6.43. The maximum atomic E-state index is 13.3. The summed E-state index contributed by atoms with van der Waals surface area (Å²) in [6, 6.07) is 14.2. The van der Waals surface area contributed by atoms with Crippen LogP contribution in [0.15, 0.2) is 53.1 Å². The number of alkyl halides is 3. The van der Waals surface area contributed by atoms with Gasteiger partial charge in [0.25, 0.3) is 0 Å². The monoisotopic (exact) mass is 482 g/mol. The minimum Gasteiger partial charge on any atom is -0.475 e. The Labute approximate surface area is 196 Å². The van der Waals surface area contributed by atoms with E-state index in [2.05, 4.69) is 21.9 Å². The number of benzene rings is 1. The number of likely N-dealkylation sites (tertiary alicyclic amines) is 2. The predicted molar refractivity (Wildman–Crippen MR) is 117 cm³/mol.